The molecule has 26 heavy (non-hydrogen) atoms. The van der Waals surface area contributed by atoms with Crippen LogP contribution in [0.5, 0.6) is 17.2 Å². The largest absolute Gasteiger partial charge is 0.493 e. The van der Waals surface area contributed by atoms with E-state index in [0.717, 1.165) is 0 Å². The number of rotatable bonds is 3. The third-order valence-corrected chi connectivity index (χ3v) is 4.21. The van der Waals surface area contributed by atoms with E-state index < -0.39 is 5.97 Å². The first-order valence-electron chi connectivity index (χ1n) is 7.91. The molecule has 0 radical (unpaired) electrons. The quantitative estimate of drug-likeness (QED) is 0.610. The molecule has 0 saturated carbocycles. The predicted octanol–water partition coefficient (Wildman–Crippen LogP) is 3.46. The Morgan fingerprint density at radius 2 is 2.00 bits per heavy atom. The first kappa shape index (κ1) is 16.5. The van der Waals surface area contributed by atoms with Crippen LogP contribution in [0.25, 0.3) is 6.08 Å². The lowest BCUT2D eigenvalue weighted by Gasteiger charge is -2.20. The van der Waals surface area contributed by atoms with Crippen molar-refractivity contribution < 1.29 is 23.7 Å². The molecule has 4 rings (SSSR count). The average molecular weight is 372 g/mol. The van der Waals surface area contributed by atoms with Crippen LogP contribution in [0.15, 0.2) is 47.1 Å². The minimum absolute atomic E-state index is 0.165. The number of carbonyl (C=O) groups excluding carboxylic acids is 1. The highest BCUT2D eigenvalue weighted by molar-refractivity contribution is 6.34. The summed E-state index contributed by atoms with van der Waals surface area (Å²) in [7, 11) is 1.54. The molecular weight excluding hydrogens is 358 g/mol. The van der Waals surface area contributed by atoms with Gasteiger partial charge in [0, 0.05) is 0 Å². The lowest BCUT2D eigenvalue weighted by atomic mass is 10.1. The molecule has 6 nitrogen and oxygen atoms in total. The van der Waals surface area contributed by atoms with Gasteiger partial charge in [0.1, 0.15) is 13.2 Å². The lowest BCUT2D eigenvalue weighted by Crippen LogP contribution is -2.16. The van der Waals surface area contributed by atoms with E-state index in [4.69, 9.17) is 30.5 Å². The number of hydrogen-bond donors (Lipinski definition) is 0. The van der Waals surface area contributed by atoms with E-state index in [-0.39, 0.29) is 11.6 Å². The molecule has 2 aliphatic heterocycles. The summed E-state index contributed by atoms with van der Waals surface area (Å²) in [4.78, 5) is 16.5. The Bertz CT molecular complexity index is 934. The van der Waals surface area contributed by atoms with Crippen molar-refractivity contribution in [2.75, 3.05) is 20.3 Å². The first-order chi connectivity index (χ1) is 12.7. The highest BCUT2D eigenvalue weighted by Crippen LogP contribution is 2.41. The molecule has 7 heteroatoms. The third-order valence-electron chi connectivity index (χ3n) is 3.88. The second kappa shape index (κ2) is 6.72. The highest BCUT2D eigenvalue weighted by atomic mass is 35.5. The normalized spacial score (nSPS) is 17.1. The molecule has 0 atom stereocenters. The maximum atomic E-state index is 12.2. The average Bonchev–Trinajstić information content (AvgIpc) is 3.01. The van der Waals surface area contributed by atoms with Gasteiger partial charge in [-0.3, -0.25) is 0 Å². The number of halogens is 1. The number of cyclic esters (lactones) is 1. The summed E-state index contributed by atoms with van der Waals surface area (Å²) in [5.41, 5.74) is 1.41. The maximum Gasteiger partial charge on any atom is 0.363 e. The molecule has 2 heterocycles. The van der Waals surface area contributed by atoms with Crippen LogP contribution in [0.2, 0.25) is 5.02 Å². The number of benzene rings is 2. The SMILES string of the molecule is COc1cc(/C=C2\N=C(c3ccccc3Cl)OC2=O)cc2c1OCCO2. The second-order valence-electron chi connectivity index (χ2n) is 5.56. The van der Waals surface area contributed by atoms with Gasteiger partial charge in [0.05, 0.1) is 17.7 Å². The number of aliphatic imine (C=N–C) groups is 1. The first-order valence-corrected chi connectivity index (χ1v) is 8.28. The fourth-order valence-electron chi connectivity index (χ4n) is 2.69. The van der Waals surface area contributed by atoms with Gasteiger partial charge in [0.2, 0.25) is 11.6 Å². The molecule has 0 amide bonds. The van der Waals surface area contributed by atoms with Gasteiger partial charge in [-0.15, -0.1) is 0 Å². The Hall–Kier alpha value is -2.99. The van der Waals surface area contributed by atoms with Crippen molar-refractivity contribution >= 4 is 29.5 Å². The van der Waals surface area contributed by atoms with Gasteiger partial charge in [-0.05, 0) is 35.9 Å². The van der Waals surface area contributed by atoms with E-state index in [2.05, 4.69) is 4.99 Å². The van der Waals surface area contributed by atoms with Crippen LogP contribution in [-0.2, 0) is 9.53 Å². The fourth-order valence-corrected chi connectivity index (χ4v) is 2.91. The smallest absolute Gasteiger partial charge is 0.363 e. The van der Waals surface area contributed by atoms with E-state index >= 15 is 0 Å². The number of carbonyl (C=O) groups is 1. The van der Waals surface area contributed by atoms with Crippen molar-refractivity contribution in [3.05, 3.63) is 58.2 Å². The Kier molecular flexibility index (Phi) is 4.26. The molecule has 0 bridgehead atoms. The monoisotopic (exact) mass is 371 g/mol. The van der Waals surface area contributed by atoms with Crippen LogP contribution in [0.3, 0.4) is 0 Å². The highest BCUT2D eigenvalue weighted by Gasteiger charge is 2.26. The minimum Gasteiger partial charge on any atom is -0.493 e. The van der Waals surface area contributed by atoms with Gasteiger partial charge in [0.15, 0.2) is 17.2 Å². The molecule has 0 spiro atoms. The number of hydrogen-bond acceptors (Lipinski definition) is 6. The van der Waals surface area contributed by atoms with Gasteiger partial charge in [-0.1, -0.05) is 23.7 Å². The molecule has 0 saturated heterocycles. The van der Waals surface area contributed by atoms with Gasteiger partial charge in [0.25, 0.3) is 0 Å². The number of fused-ring (bicyclic) bond motifs is 1. The maximum absolute atomic E-state index is 12.2. The molecule has 132 valence electrons. The zero-order valence-electron chi connectivity index (χ0n) is 13.8. The summed E-state index contributed by atoms with van der Waals surface area (Å²) in [6, 6.07) is 10.6. The summed E-state index contributed by atoms with van der Waals surface area (Å²) in [5, 5.41) is 0.460. The number of ether oxygens (including phenoxy) is 4. The van der Waals surface area contributed by atoms with E-state index in [0.29, 0.717) is 46.6 Å². The van der Waals surface area contributed by atoms with Crippen molar-refractivity contribution in [2.45, 2.75) is 0 Å². The van der Waals surface area contributed by atoms with Crippen molar-refractivity contribution in [1.29, 1.82) is 0 Å². The summed E-state index contributed by atoms with van der Waals surface area (Å²) in [5.74, 6) is 1.26. The summed E-state index contributed by atoms with van der Waals surface area (Å²) in [6.07, 6.45) is 1.60. The van der Waals surface area contributed by atoms with Crippen LogP contribution in [0, 0.1) is 0 Å². The number of methoxy groups -OCH3 is 1. The Balaban J connectivity index is 1.72. The third kappa shape index (κ3) is 2.99. The van der Waals surface area contributed by atoms with Gasteiger partial charge in [-0.25, -0.2) is 9.79 Å². The second-order valence-corrected chi connectivity index (χ2v) is 5.97. The van der Waals surface area contributed by atoms with Crippen LogP contribution < -0.4 is 14.2 Å². The van der Waals surface area contributed by atoms with E-state index in [1.807, 2.05) is 0 Å². The van der Waals surface area contributed by atoms with Crippen LogP contribution in [0.1, 0.15) is 11.1 Å². The molecule has 0 fully saturated rings. The number of esters is 1. The Morgan fingerprint density at radius 3 is 2.81 bits per heavy atom. The van der Waals surface area contributed by atoms with Crippen molar-refractivity contribution in [3.63, 3.8) is 0 Å². The minimum atomic E-state index is -0.547. The van der Waals surface area contributed by atoms with E-state index in [9.17, 15) is 4.79 Å². The van der Waals surface area contributed by atoms with Crippen molar-refractivity contribution in [1.82, 2.24) is 0 Å². The molecule has 2 aliphatic rings. The van der Waals surface area contributed by atoms with Gasteiger partial charge in [-0.2, -0.15) is 0 Å². The molecular formula is C19H14ClNO5. The van der Waals surface area contributed by atoms with E-state index in [1.165, 1.54) is 0 Å². The topological polar surface area (TPSA) is 66.4 Å². The Morgan fingerprint density at radius 1 is 1.19 bits per heavy atom. The fraction of sp³-hybridized carbons (Fsp3) is 0.158. The zero-order chi connectivity index (χ0) is 18.1. The van der Waals surface area contributed by atoms with Crippen LogP contribution in [0.4, 0.5) is 0 Å². The Labute approximate surface area is 154 Å². The molecule has 0 unspecified atom stereocenters. The molecule has 2 aromatic carbocycles. The lowest BCUT2D eigenvalue weighted by molar-refractivity contribution is -0.129. The zero-order valence-corrected chi connectivity index (χ0v) is 14.6. The van der Waals surface area contributed by atoms with Crippen LogP contribution >= 0.6 is 11.6 Å². The summed E-state index contributed by atoms with van der Waals surface area (Å²) >= 11 is 6.14. The van der Waals surface area contributed by atoms with E-state index in [1.54, 1.807) is 49.6 Å². The summed E-state index contributed by atoms with van der Waals surface area (Å²) < 4.78 is 21.8. The van der Waals surface area contributed by atoms with Crippen molar-refractivity contribution in [2.24, 2.45) is 4.99 Å². The molecule has 2 aromatic rings. The standard InChI is InChI=1S/C19H14ClNO5/c1-23-15-9-11(10-16-17(15)25-7-6-24-16)8-14-19(22)26-18(21-14)12-4-2-3-5-13(12)20/h2-5,8-10H,6-7H2,1H3/b14-8-. The van der Waals surface area contributed by atoms with Gasteiger partial charge >= 0.3 is 5.97 Å². The predicted molar refractivity (Wildman–Crippen MR) is 96.0 cm³/mol. The molecule has 0 aliphatic carbocycles. The summed E-state index contributed by atoms with van der Waals surface area (Å²) in [6.45, 7) is 0.911. The van der Waals surface area contributed by atoms with Gasteiger partial charge < -0.3 is 18.9 Å². The van der Waals surface area contributed by atoms with Crippen molar-refractivity contribution in [3.8, 4) is 17.2 Å². The molecule has 0 N–H and O–H groups in total. The van der Waals surface area contributed by atoms with Crippen LogP contribution in [-0.4, -0.2) is 32.2 Å². The molecule has 0 aromatic heterocycles. The number of nitrogens with zero attached hydrogens (tertiary/aromatic N) is 1.